The second kappa shape index (κ2) is 4.54. The van der Waals surface area contributed by atoms with Crippen LogP contribution in [0.1, 0.15) is 6.42 Å². The summed E-state index contributed by atoms with van der Waals surface area (Å²) in [6, 6.07) is -1.01. The van der Waals surface area contributed by atoms with Gasteiger partial charge in [-0.1, -0.05) is 0 Å². The molecular weight excluding hydrogens is 196 g/mol. The molecule has 0 bridgehead atoms. The fourth-order valence-electron chi connectivity index (χ4n) is 0.610. The van der Waals surface area contributed by atoms with E-state index in [9.17, 15) is 13.2 Å². The Morgan fingerprint density at radius 2 is 2.08 bits per heavy atom. The van der Waals surface area contributed by atoms with Crippen LogP contribution in [0.25, 0.3) is 0 Å². The third kappa shape index (κ3) is 4.81. The van der Waals surface area contributed by atoms with E-state index >= 15 is 0 Å². The average Bonchev–Trinajstić information content (AvgIpc) is 1.97. The molecule has 0 aliphatic rings. The molecule has 0 aromatic carbocycles. The highest BCUT2D eigenvalue weighted by Crippen LogP contribution is 1.97. The Bertz CT molecular complexity index is 274. The van der Waals surface area contributed by atoms with Gasteiger partial charge in [0.2, 0.25) is 10.0 Å². The van der Waals surface area contributed by atoms with Crippen LogP contribution in [0.15, 0.2) is 0 Å². The fraction of sp³-hybridized carbons (Fsp3) is 0.833. The highest BCUT2D eigenvalue weighted by atomic mass is 32.2. The zero-order chi connectivity index (χ0) is 10.6. The van der Waals surface area contributed by atoms with Gasteiger partial charge in [-0.25, -0.2) is 12.7 Å². The van der Waals surface area contributed by atoms with Gasteiger partial charge in [-0.15, -0.1) is 0 Å². The monoisotopic (exact) mass is 210 g/mol. The molecule has 0 saturated carbocycles. The Hall–Kier alpha value is -0.660. The second-order valence-corrected chi connectivity index (χ2v) is 4.91. The summed E-state index contributed by atoms with van der Waals surface area (Å²) in [4.78, 5) is 10.3. The van der Waals surface area contributed by atoms with E-state index in [2.05, 4.69) is 0 Å². The Morgan fingerprint density at radius 1 is 1.62 bits per heavy atom. The van der Waals surface area contributed by atoms with Crippen LogP contribution in [0.2, 0.25) is 0 Å². The van der Waals surface area contributed by atoms with Crippen LogP contribution in [0.3, 0.4) is 0 Å². The summed E-state index contributed by atoms with van der Waals surface area (Å²) >= 11 is 0. The van der Waals surface area contributed by atoms with Crippen molar-refractivity contribution in [1.82, 2.24) is 4.31 Å². The van der Waals surface area contributed by atoms with E-state index in [1.165, 1.54) is 7.05 Å². The molecule has 0 aromatic heterocycles. The zero-order valence-electron chi connectivity index (χ0n) is 7.60. The minimum absolute atomic E-state index is 0.110. The molecule has 0 amide bonds. The third-order valence-electron chi connectivity index (χ3n) is 1.64. The summed E-state index contributed by atoms with van der Waals surface area (Å²) in [5, 5.41) is 8.40. The van der Waals surface area contributed by atoms with Crippen LogP contribution in [-0.2, 0) is 14.8 Å². The van der Waals surface area contributed by atoms with Crippen molar-refractivity contribution in [2.45, 2.75) is 12.5 Å². The lowest BCUT2D eigenvalue weighted by Crippen LogP contribution is -2.36. The topological polar surface area (TPSA) is 101 Å². The largest absolute Gasteiger partial charge is 0.480 e. The number of carbonyl (C=O) groups is 1. The molecule has 6 nitrogen and oxygen atoms in total. The molecule has 0 rings (SSSR count). The minimum Gasteiger partial charge on any atom is -0.480 e. The fourth-order valence-corrected chi connectivity index (χ4v) is 1.05. The van der Waals surface area contributed by atoms with Crippen molar-refractivity contribution in [3.05, 3.63) is 0 Å². The van der Waals surface area contributed by atoms with Gasteiger partial charge in [-0.2, -0.15) is 0 Å². The number of aliphatic carboxylic acids is 1. The van der Waals surface area contributed by atoms with Gasteiger partial charge in [0.1, 0.15) is 6.04 Å². The first-order valence-electron chi connectivity index (χ1n) is 3.65. The van der Waals surface area contributed by atoms with Gasteiger partial charge in [0.25, 0.3) is 0 Å². The lowest BCUT2D eigenvalue weighted by atomic mass is 10.2. The lowest BCUT2D eigenvalue weighted by Gasteiger charge is -2.14. The van der Waals surface area contributed by atoms with Gasteiger partial charge in [0, 0.05) is 13.6 Å². The molecule has 0 aromatic rings. The third-order valence-corrected chi connectivity index (χ3v) is 2.95. The maximum Gasteiger partial charge on any atom is 0.320 e. The molecule has 7 heteroatoms. The van der Waals surface area contributed by atoms with Crippen molar-refractivity contribution in [3.8, 4) is 0 Å². The van der Waals surface area contributed by atoms with Crippen LogP contribution in [0.5, 0.6) is 0 Å². The molecule has 0 spiro atoms. The van der Waals surface area contributed by atoms with E-state index in [0.29, 0.717) is 0 Å². The Morgan fingerprint density at radius 3 is 2.38 bits per heavy atom. The van der Waals surface area contributed by atoms with E-state index in [1.54, 1.807) is 0 Å². The van der Waals surface area contributed by atoms with Gasteiger partial charge in [-0.3, -0.25) is 4.79 Å². The van der Waals surface area contributed by atoms with Crippen LogP contribution in [0, 0.1) is 0 Å². The van der Waals surface area contributed by atoms with E-state index in [4.69, 9.17) is 10.8 Å². The normalized spacial score (nSPS) is 14.5. The highest BCUT2D eigenvalue weighted by molar-refractivity contribution is 7.88. The standard InChI is InChI=1S/C6H14N2O4S/c1-8(13(2,11)12)4-3-5(7)6(9)10/h5H,3-4,7H2,1-2H3,(H,9,10). The molecule has 0 radical (unpaired) electrons. The van der Waals surface area contributed by atoms with E-state index in [-0.39, 0.29) is 13.0 Å². The Balaban J connectivity index is 3.98. The van der Waals surface area contributed by atoms with Crippen LogP contribution in [-0.4, -0.2) is 49.7 Å². The lowest BCUT2D eigenvalue weighted by molar-refractivity contribution is -0.138. The number of carboxylic acids is 1. The zero-order valence-corrected chi connectivity index (χ0v) is 8.41. The second-order valence-electron chi connectivity index (χ2n) is 2.82. The minimum atomic E-state index is -3.24. The van der Waals surface area contributed by atoms with Crippen molar-refractivity contribution in [2.75, 3.05) is 19.8 Å². The van der Waals surface area contributed by atoms with Gasteiger partial charge < -0.3 is 10.8 Å². The van der Waals surface area contributed by atoms with Gasteiger partial charge in [-0.05, 0) is 6.42 Å². The first kappa shape index (κ1) is 12.3. The summed E-state index contributed by atoms with van der Waals surface area (Å²) in [6.45, 7) is 0.117. The maximum atomic E-state index is 10.9. The summed E-state index contributed by atoms with van der Waals surface area (Å²) in [6.07, 6.45) is 1.16. The smallest absolute Gasteiger partial charge is 0.320 e. The van der Waals surface area contributed by atoms with Gasteiger partial charge in [0.15, 0.2) is 0 Å². The van der Waals surface area contributed by atoms with Crippen molar-refractivity contribution >= 4 is 16.0 Å². The van der Waals surface area contributed by atoms with Crippen molar-refractivity contribution < 1.29 is 18.3 Å². The van der Waals surface area contributed by atoms with Crippen molar-refractivity contribution in [2.24, 2.45) is 5.73 Å². The number of carboxylic acid groups (broad SMARTS) is 1. The summed E-state index contributed by atoms with van der Waals surface area (Å²) in [5.41, 5.74) is 5.19. The van der Waals surface area contributed by atoms with E-state index in [1.807, 2.05) is 0 Å². The van der Waals surface area contributed by atoms with Crippen LogP contribution < -0.4 is 5.73 Å². The number of sulfonamides is 1. The van der Waals surface area contributed by atoms with Crippen LogP contribution in [0.4, 0.5) is 0 Å². The van der Waals surface area contributed by atoms with E-state index in [0.717, 1.165) is 10.6 Å². The Labute approximate surface area is 77.4 Å². The van der Waals surface area contributed by atoms with Gasteiger partial charge >= 0.3 is 5.97 Å². The van der Waals surface area contributed by atoms with Crippen molar-refractivity contribution in [3.63, 3.8) is 0 Å². The number of rotatable bonds is 5. The van der Waals surface area contributed by atoms with E-state index < -0.39 is 22.0 Å². The molecule has 78 valence electrons. The summed E-state index contributed by atoms with van der Waals surface area (Å²) < 4.78 is 22.8. The van der Waals surface area contributed by atoms with Crippen molar-refractivity contribution in [1.29, 1.82) is 0 Å². The Kier molecular flexibility index (Phi) is 4.31. The number of hydrogen-bond acceptors (Lipinski definition) is 4. The molecule has 0 aliphatic heterocycles. The molecule has 3 N–H and O–H groups in total. The quantitative estimate of drug-likeness (QED) is 0.586. The molecule has 1 atom stereocenters. The SMILES string of the molecule is CN(CCC(N)C(=O)O)S(C)(=O)=O. The average molecular weight is 210 g/mol. The maximum absolute atomic E-state index is 10.9. The number of nitrogens with two attached hydrogens (primary N) is 1. The first-order chi connectivity index (χ1) is 5.75. The number of nitrogens with zero attached hydrogens (tertiary/aromatic N) is 1. The molecular formula is C6H14N2O4S. The molecule has 0 aliphatic carbocycles. The molecule has 13 heavy (non-hydrogen) atoms. The van der Waals surface area contributed by atoms with Crippen LogP contribution >= 0.6 is 0 Å². The first-order valence-corrected chi connectivity index (χ1v) is 5.49. The number of hydrogen-bond donors (Lipinski definition) is 2. The predicted octanol–water partition coefficient (Wildman–Crippen LogP) is -1.32. The molecule has 1 unspecified atom stereocenters. The molecule has 0 heterocycles. The highest BCUT2D eigenvalue weighted by Gasteiger charge is 2.15. The summed E-state index contributed by atoms with van der Waals surface area (Å²) in [5.74, 6) is -1.12. The predicted molar refractivity (Wildman–Crippen MR) is 47.7 cm³/mol. The molecule has 0 saturated heterocycles. The molecule has 0 fully saturated rings. The van der Waals surface area contributed by atoms with Gasteiger partial charge in [0.05, 0.1) is 6.26 Å². The summed E-state index contributed by atoms with van der Waals surface area (Å²) in [7, 11) is -1.86.